The lowest BCUT2D eigenvalue weighted by Crippen LogP contribution is -2.44. The van der Waals surface area contributed by atoms with Crippen LogP contribution >= 0.6 is 0 Å². The maximum Gasteiger partial charge on any atom is 0.277 e. The van der Waals surface area contributed by atoms with E-state index in [0.717, 1.165) is 12.1 Å². The van der Waals surface area contributed by atoms with Crippen LogP contribution < -0.4 is 16.0 Å². The molecule has 1 unspecified atom stereocenters. The molecule has 0 spiro atoms. The molecule has 0 saturated carbocycles. The zero-order valence-corrected chi connectivity index (χ0v) is 20.4. The van der Waals surface area contributed by atoms with Crippen LogP contribution in [0, 0.1) is 0 Å². The molecular weight excluding hydrogens is 454 g/mol. The monoisotopic (exact) mass is 483 g/mol. The summed E-state index contributed by atoms with van der Waals surface area (Å²) in [5.74, 6) is 0.648. The van der Waals surface area contributed by atoms with Crippen molar-refractivity contribution < 1.29 is 13.2 Å². The summed E-state index contributed by atoms with van der Waals surface area (Å²) in [7, 11) is -2.15. The maximum absolute atomic E-state index is 13.7. The van der Waals surface area contributed by atoms with Crippen LogP contribution in [-0.2, 0) is 23.3 Å². The molecule has 1 atom stereocenters. The minimum atomic E-state index is -3.86. The van der Waals surface area contributed by atoms with E-state index in [4.69, 9.17) is 15.5 Å². The molecule has 2 aromatic heterocycles. The zero-order chi connectivity index (χ0) is 24.5. The quantitative estimate of drug-likeness (QED) is 0.503. The van der Waals surface area contributed by atoms with Gasteiger partial charge in [0.2, 0.25) is 0 Å². The number of aromatic nitrogens is 4. The average Bonchev–Trinajstić information content (AvgIpc) is 3.15. The highest BCUT2D eigenvalue weighted by Crippen LogP contribution is 2.37. The molecule has 0 fully saturated rings. The third-order valence-corrected chi connectivity index (χ3v) is 8.47. The van der Waals surface area contributed by atoms with E-state index in [9.17, 15) is 13.2 Å². The molecule has 10 heteroatoms. The molecular formula is C24H29N5O4S. The maximum atomic E-state index is 13.7. The van der Waals surface area contributed by atoms with Gasteiger partial charge in [0.25, 0.3) is 5.56 Å². The fraction of sp³-hybridized carbons (Fsp3) is 0.375. The van der Waals surface area contributed by atoms with Crippen LogP contribution in [0.1, 0.15) is 32.4 Å². The first-order valence-electron chi connectivity index (χ1n) is 11.3. The number of nitrogens with one attached hydrogen (secondary N) is 1. The van der Waals surface area contributed by atoms with Crippen LogP contribution in [0.2, 0.25) is 0 Å². The second-order valence-electron chi connectivity index (χ2n) is 8.29. The lowest BCUT2D eigenvalue weighted by molar-refractivity contribution is 0.341. The van der Waals surface area contributed by atoms with Gasteiger partial charge in [0.05, 0.1) is 22.8 Å². The van der Waals surface area contributed by atoms with Gasteiger partial charge in [-0.25, -0.2) is 13.4 Å². The van der Waals surface area contributed by atoms with Crippen molar-refractivity contribution in [3.8, 4) is 17.1 Å². The Hall–Kier alpha value is -3.24. The van der Waals surface area contributed by atoms with Crippen molar-refractivity contribution in [2.24, 2.45) is 12.8 Å². The Kier molecular flexibility index (Phi) is 6.46. The highest BCUT2D eigenvalue weighted by atomic mass is 32.2. The highest BCUT2D eigenvalue weighted by molar-refractivity contribution is 7.93. The number of rotatable bonds is 8. The Balaban J connectivity index is 1.93. The number of ether oxygens (including phenoxy) is 1. The average molecular weight is 484 g/mol. The molecule has 0 saturated heterocycles. The number of sulfone groups is 1. The number of hydrogen-bond donors (Lipinski definition) is 2. The van der Waals surface area contributed by atoms with Crippen molar-refractivity contribution in [3.05, 3.63) is 58.6 Å². The van der Waals surface area contributed by atoms with Gasteiger partial charge in [-0.15, -0.1) is 0 Å². The normalized spacial score (nSPS) is 18.0. The fourth-order valence-corrected chi connectivity index (χ4v) is 6.04. The topological polar surface area (TPSA) is 133 Å². The van der Waals surface area contributed by atoms with Crippen LogP contribution in [0.15, 0.2) is 52.2 Å². The number of fused-ring (bicyclic) bond motifs is 1. The first-order valence-corrected chi connectivity index (χ1v) is 12.8. The van der Waals surface area contributed by atoms with Crippen molar-refractivity contribution in [1.82, 2.24) is 19.7 Å². The number of H-pyrrole nitrogens is 1. The molecule has 180 valence electrons. The van der Waals surface area contributed by atoms with Crippen molar-refractivity contribution >= 4 is 20.9 Å². The van der Waals surface area contributed by atoms with E-state index in [2.05, 4.69) is 10.1 Å². The Labute approximate surface area is 198 Å². The number of nitrogens with zero attached hydrogens (tertiary/aromatic N) is 3. The van der Waals surface area contributed by atoms with Crippen LogP contribution in [0.25, 0.3) is 22.4 Å². The van der Waals surface area contributed by atoms with E-state index in [1.807, 2.05) is 13.8 Å². The van der Waals surface area contributed by atoms with Crippen LogP contribution in [-0.4, -0.2) is 46.1 Å². The Bertz CT molecular complexity index is 1450. The van der Waals surface area contributed by atoms with Crippen molar-refractivity contribution in [2.75, 3.05) is 13.2 Å². The van der Waals surface area contributed by atoms with Crippen LogP contribution in [0.5, 0.6) is 5.75 Å². The number of allylic oxidation sites excluding steroid dienone is 3. The molecule has 34 heavy (non-hydrogen) atoms. The summed E-state index contributed by atoms with van der Waals surface area (Å²) in [4.78, 5) is 20.5. The summed E-state index contributed by atoms with van der Waals surface area (Å²) in [6, 6.07) is 4.61. The molecule has 2 heterocycles. The van der Waals surface area contributed by atoms with Gasteiger partial charge in [-0.05, 0) is 38.0 Å². The Morgan fingerprint density at radius 3 is 2.71 bits per heavy atom. The zero-order valence-electron chi connectivity index (χ0n) is 19.5. The van der Waals surface area contributed by atoms with E-state index in [0.29, 0.717) is 35.4 Å². The minimum absolute atomic E-state index is 0.0597. The summed E-state index contributed by atoms with van der Waals surface area (Å²) < 4.78 is 33.5. The summed E-state index contributed by atoms with van der Waals surface area (Å²) in [6.45, 7) is 4.16. The number of aromatic amines is 1. The summed E-state index contributed by atoms with van der Waals surface area (Å²) in [5, 5.41) is 4.45. The second-order valence-corrected chi connectivity index (χ2v) is 10.6. The molecule has 0 radical (unpaired) electrons. The van der Waals surface area contributed by atoms with Gasteiger partial charge < -0.3 is 15.5 Å². The van der Waals surface area contributed by atoms with Gasteiger partial charge in [0.15, 0.2) is 15.4 Å². The van der Waals surface area contributed by atoms with Crippen LogP contribution in [0.4, 0.5) is 0 Å². The first-order chi connectivity index (χ1) is 16.3. The summed E-state index contributed by atoms with van der Waals surface area (Å²) in [6.07, 6.45) is 8.73. The molecule has 1 aromatic carbocycles. The third-order valence-electron chi connectivity index (χ3n) is 6.06. The van der Waals surface area contributed by atoms with Crippen molar-refractivity contribution in [3.63, 3.8) is 0 Å². The summed E-state index contributed by atoms with van der Waals surface area (Å²) >= 11 is 0. The third kappa shape index (κ3) is 3.86. The molecule has 4 rings (SSSR count). The molecule has 1 aliphatic rings. The van der Waals surface area contributed by atoms with Crippen molar-refractivity contribution in [1.29, 1.82) is 0 Å². The number of benzene rings is 1. The van der Waals surface area contributed by atoms with Gasteiger partial charge in [0, 0.05) is 13.6 Å². The van der Waals surface area contributed by atoms with Crippen molar-refractivity contribution in [2.45, 2.75) is 42.8 Å². The molecule has 0 bridgehead atoms. The largest absolute Gasteiger partial charge is 0.493 e. The highest BCUT2D eigenvalue weighted by Gasteiger charge is 2.41. The van der Waals surface area contributed by atoms with Crippen LogP contribution in [0.3, 0.4) is 0 Å². The standard InChI is InChI=1S/C24H29N5O4S/c1-4-9-18-20-21(29(3)28-18)23(30)27-22(26-20)17-14-16(10-11-19(17)33-5-2)34(31,32)24(15-25)12-7-6-8-13-24/h6-8,10-12,14H,4-5,9,13,15,25H2,1-3H3,(H,26,27,30). The minimum Gasteiger partial charge on any atom is -0.493 e. The number of nitrogens with two attached hydrogens (primary N) is 1. The number of aryl methyl sites for hydroxylation is 2. The molecule has 3 aromatic rings. The van der Waals surface area contributed by atoms with E-state index < -0.39 is 14.6 Å². The van der Waals surface area contributed by atoms with E-state index in [1.54, 1.807) is 37.4 Å². The van der Waals surface area contributed by atoms with Gasteiger partial charge >= 0.3 is 0 Å². The second kappa shape index (κ2) is 9.19. The summed E-state index contributed by atoms with van der Waals surface area (Å²) in [5.41, 5.74) is 7.58. The Morgan fingerprint density at radius 1 is 1.26 bits per heavy atom. The van der Waals surface area contributed by atoms with E-state index in [-0.39, 0.29) is 29.2 Å². The van der Waals surface area contributed by atoms with Gasteiger partial charge in [0.1, 0.15) is 21.8 Å². The Morgan fingerprint density at radius 2 is 2.06 bits per heavy atom. The van der Waals surface area contributed by atoms with E-state index in [1.165, 1.54) is 16.8 Å². The first kappa shape index (κ1) is 23.9. The molecule has 3 N–H and O–H groups in total. The SMILES string of the molecule is CCCc1nn(C)c2c(=O)[nH]c(-c3cc(S(=O)(=O)C4(CN)C=CC=CC4)ccc3OCC)nc12. The molecule has 0 amide bonds. The van der Waals surface area contributed by atoms with Gasteiger partial charge in [-0.2, -0.15) is 5.10 Å². The molecule has 1 aliphatic carbocycles. The molecule has 0 aliphatic heterocycles. The van der Waals surface area contributed by atoms with Gasteiger partial charge in [-0.1, -0.05) is 37.6 Å². The predicted molar refractivity (Wildman–Crippen MR) is 132 cm³/mol. The lowest BCUT2D eigenvalue weighted by Gasteiger charge is -2.29. The fourth-order valence-electron chi connectivity index (χ4n) is 4.26. The smallest absolute Gasteiger partial charge is 0.277 e. The molecule has 9 nitrogen and oxygen atoms in total. The number of hydrogen-bond acceptors (Lipinski definition) is 7. The lowest BCUT2D eigenvalue weighted by atomic mass is 10.0. The van der Waals surface area contributed by atoms with E-state index >= 15 is 0 Å². The predicted octanol–water partition coefficient (Wildman–Crippen LogP) is 2.66. The van der Waals surface area contributed by atoms with Gasteiger partial charge in [-0.3, -0.25) is 9.48 Å².